The molecule has 42 heavy (non-hydrogen) atoms. The van der Waals surface area contributed by atoms with Gasteiger partial charge in [0.15, 0.2) is 0 Å². The van der Waals surface area contributed by atoms with Gasteiger partial charge in [-0.25, -0.2) is 18.1 Å². The van der Waals surface area contributed by atoms with E-state index >= 15 is 0 Å². The maximum absolute atomic E-state index is 14.9. The van der Waals surface area contributed by atoms with Crippen molar-refractivity contribution in [3.05, 3.63) is 34.5 Å². The molecule has 1 aromatic carbocycles. The van der Waals surface area contributed by atoms with Crippen molar-refractivity contribution in [2.45, 2.75) is 101 Å². The van der Waals surface area contributed by atoms with Gasteiger partial charge in [0.2, 0.25) is 5.88 Å². The quantitative estimate of drug-likeness (QED) is 0.402. The monoisotopic (exact) mass is 626 g/mol. The lowest BCUT2D eigenvalue weighted by molar-refractivity contribution is -0.150. The van der Waals surface area contributed by atoms with E-state index in [1.54, 1.807) is 0 Å². The second kappa shape index (κ2) is 10.9. The summed E-state index contributed by atoms with van der Waals surface area (Å²) in [7, 11) is -4.73. The van der Waals surface area contributed by atoms with Gasteiger partial charge in [0.1, 0.15) is 29.7 Å². The van der Waals surface area contributed by atoms with Crippen LogP contribution >= 0.6 is 0 Å². The van der Waals surface area contributed by atoms with Crippen LogP contribution in [0.3, 0.4) is 0 Å². The number of amides is 2. The number of aryl methyl sites for hydroxylation is 2. The van der Waals surface area contributed by atoms with Gasteiger partial charge in [0.05, 0.1) is 25.3 Å². The minimum atomic E-state index is -4.35. The third-order valence-corrected chi connectivity index (χ3v) is 17.3. The summed E-state index contributed by atoms with van der Waals surface area (Å²) in [6, 6.07) is 0.980. The summed E-state index contributed by atoms with van der Waals surface area (Å²) in [6.07, 6.45) is 2.78. The zero-order valence-corrected chi connectivity index (χ0v) is 27.0. The van der Waals surface area contributed by atoms with Gasteiger partial charge in [-0.1, -0.05) is 39.9 Å². The summed E-state index contributed by atoms with van der Waals surface area (Å²) in [5, 5.41) is 7.09. The Labute approximate surface area is 247 Å². The van der Waals surface area contributed by atoms with Crippen molar-refractivity contribution >= 4 is 29.9 Å². The fourth-order valence-electron chi connectivity index (χ4n) is 5.77. The van der Waals surface area contributed by atoms with E-state index in [1.165, 1.54) is 34.0 Å². The fourth-order valence-corrected chi connectivity index (χ4v) is 11.4. The highest BCUT2D eigenvalue weighted by atomic mass is 32.2. The molecule has 0 radical (unpaired) electrons. The largest absolute Gasteiger partial charge is 0.475 e. The normalized spacial score (nSPS) is 20.0. The molecular formula is C28H41F3N6O3SSi. The molecule has 1 aliphatic heterocycles. The maximum Gasteiger partial charge on any atom is 0.401 e. The lowest BCUT2D eigenvalue weighted by Gasteiger charge is -2.38. The van der Waals surface area contributed by atoms with Crippen LogP contribution in [0.1, 0.15) is 55.9 Å². The number of carbonyl (C=O) groups excluding carboxylic acids is 1. The second-order valence-corrected chi connectivity index (χ2v) is 20.5. The number of fused-ring (bicyclic) bond motifs is 3. The van der Waals surface area contributed by atoms with E-state index in [1.807, 2.05) is 33.9 Å². The fraction of sp³-hybridized carbons (Fsp3) is 0.643. The summed E-state index contributed by atoms with van der Waals surface area (Å²) >= 11 is 0. The molecule has 2 N–H and O–H groups in total. The smallest absolute Gasteiger partial charge is 0.401 e. The predicted octanol–water partition coefficient (Wildman–Crippen LogP) is 5.68. The van der Waals surface area contributed by atoms with Crippen LogP contribution < -0.4 is 14.4 Å². The Kier molecular flexibility index (Phi) is 8.08. The molecule has 1 aromatic heterocycles. The van der Waals surface area contributed by atoms with E-state index in [4.69, 9.17) is 4.74 Å². The van der Waals surface area contributed by atoms with Gasteiger partial charge >= 0.3 is 12.2 Å². The number of benzene rings is 1. The number of nitrogens with zero attached hydrogens (tertiary/aromatic N) is 4. The van der Waals surface area contributed by atoms with Crippen LogP contribution in [0.2, 0.25) is 18.1 Å². The second-order valence-electron chi connectivity index (χ2n) is 13.2. The lowest BCUT2D eigenvalue weighted by atomic mass is 9.99. The van der Waals surface area contributed by atoms with Crippen LogP contribution in [-0.4, -0.2) is 65.6 Å². The third-order valence-electron chi connectivity index (χ3n) is 9.09. The third kappa shape index (κ3) is 6.13. The molecule has 2 aliphatic carbocycles. The number of nitrogens with one attached hydrogen (secondary N) is 2. The first-order chi connectivity index (χ1) is 19.5. The van der Waals surface area contributed by atoms with Gasteiger partial charge in [-0.3, -0.25) is 4.90 Å². The number of urea groups is 1. The van der Waals surface area contributed by atoms with Crippen LogP contribution in [0.5, 0.6) is 5.88 Å². The highest BCUT2D eigenvalue weighted by Crippen LogP contribution is 2.40. The van der Waals surface area contributed by atoms with Crippen molar-refractivity contribution in [1.29, 1.82) is 0 Å². The Morgan fingerprint density at radius 2 is 1.79 bits per heavy atom. The summed E-state index contributed by atoms with van der Waals surface area (Å²) in [5.41, 5.74) is 5.61. The standard InChI is InChI=1S/C28H41F3N6O3SSi/c1-27(2,3)42(5,6)35-41(39,23-14-32-37-15-20(16-40-25(23)37)36(4)17-28(29,30)31)34-26(38)33-24-21-11-7-9-18(21)13-19-10-8-12-22(19)24/h13-14,20H,7-12,15-17H2,1-6H3,(H2,33,34,35,38,39)/t20-,41?/m0/s1. The molecule has 1 unspecified atom stereocenters. The van der Waals surface area contributed by atoms with Gasteiger partial charge in [-0.15, -0.1) is 4.36 Å². The zero-order valence-electron chi connectivity index (χ0n) is 25.2. The zero-order chi connectivity index (χ0) is 30.7. The molecule has 2 atom stereocenters. The number of ether oxygens (including phenoxy) is 1. The Morgan fingerprint density at radius 1 is 1.17 bits per heavy atom. The van der Waals surface area contributed by atoms with Crippen LogP contribution in [0.4, 0.5) is 23.7 Å². The molecule has 3 aliphatic rings. The number of likely N-dealkylation sites (N-methyl/N-ethyl adjacent to an activating group) is 1. The highest BCUT2D eigenvalue weighted by molar-refractivity contribution is 7.93. The average Bonchev–Trinajstić information content (AvgIpc) is 3.60. The van der Waals surface area contributed by atoms with Gasteiger partial charge in [-0.05, 0) is 72.9 Å². The minimum Gasteiger partial charge on any atom is -0.475 e. The highest BCUT2D eigenvalue weighted by Gasteiger charge is 2.42. The summed E-state index contributed by atoms with van der Waals surface area (Å²) in [6.45, 7) is 9.18. The molecule has 0 spiro atoms. The van der Waals surface area contributed by atoms with Crippen molar-refractivity contribution in [2.75, 3.05) is 25.5 Å². The molecule has 2 amide bonds. The molecule has 0 saturated carbocycles. The molecule has 2 aromatic rings. The van der Waals surface area contributed by atoms with Crippen LogP contribution in [0, 0.1) is 0 Å². The molecule has 0 fully saturated rings. The summed E-state index contributed by atoms with van der Waals surface area (Å²) < 4.78 is 68.8. The Hall–Kier alpha value is -2.42. The van der Waals surface area contributed by atoms with Crippen molar-refractivity contribution in [3.63, 3.8) is 0 Å². The lowest BCUT2D eigenvalue weighted by Crippen LogP contribution is -2.54. The first-order valence-corrected chi connectivity index (χ1v) is 19.0. The summed E-state index contributed by atoms with van der Waals surface area (Å²) in [5.74, 6) is 0.154. The van der Waals surface area contributed by atoms with E-state index in [9.17, 15) is 22.2 Å². The molecule has 232 valence electrons. The maximum atomic E-state index is 14.9. The summed E-state index contributed by atoms with van der Waals surface area (Å²) in [4.78, 5) is 14.9. The topological polar surface area (TPSA) is 101 Å². The van der Waals surface area contributed by atoms with Crippen LogP contribution in [0.25, 0.3) is 0 Å². The van der Waals surface area contributed by atoms with Crippen molar-refractivity contribution in [3.8, 4) is 5.88 Å². The number of halogens is 3. The molecule has 9 nitrogen and oxygen atoms in total. The number of rotatable bonds is 6. The van der Waals surface area contributed by atoms with Crippen molar-refractivity contribution < 1.29 is 26.9 Å². The van der Waals surface area contributed by atoms with Gasteiger partial charge in [0, 0.05) is 5.69 Å². The Morgan fingerprint density at radius 3 is 2.36 bits per heavy atom. The van der Waals surface area contributed by atoms with E-state index < -0.39 is 42.9 Å². The number of aromatic nitrogens is 2. The molecule has 0 bridgehead atoms. The average molecular weight is 627 g/mol. The predicted molar refractivity (Wildman–Crippen MR) is 159 cm³/mol. The van der Waals surface area contributed by atoms with E-state index in [2.05, 4.69) is 25.2 Å². The van der Waals surface area contributed by atoms with E-state index in [0.717, 1.165) is 55.3 Å². The number of anilines is 1. The SMILES string of the molecule is CN(CC(F)(F)F)[C@@H]1COc2c(S(=O)(=NC(=O)Nc3c4c(cc5c3CCC5)CCC4)N[Si](C)(C)C(C)(C)C)cnn2C1. The molecule has 2 heterocycles. The first kappa shape index (κ1) is 31.0. The number of hydrogen-bond donors (Lipinski definition) is 2. The number of alkyl halides is 3. The first-order valence-electron chi connectivity index (χ1n) is 14.5. The van der Waals surface area contributed by atoms with E-state index in [0.29, 0.717) is 0 Å². The van der Waals surface area contributed by atoms with Gasteiger partial charge in [-0.2, -0.15) is 18.3 Å². The number of carbonyl (C=O) groups is 1. The van der Waals surface area contributed by atoms with Crippen molar-refractivity contribution in [1.82, 2.24) is 19.1 Å². The Balaban J connectivity index is 1.51. The molecule has 0 saturated heterocycles. The molecule has 5 rings (SSSR count). The molecular weight excluding hydrogens is 585 g/mol. The minimum absolute atomic E-state index is 0.0463. The Bertz CT molecular complexity index is 1480. The van der Waals surface area contributed by atoms with Crippen molar-refractivity contribution in [2.24, 2.45) is 4.36 Å². The van der Waals surface area contributed by atoms with Gasteiger partial charge in [0.25, 0.3) is 0 Å². The van der Waals surface area contributed by atoms with Gasteiger partial charge < -0.3 is 10.1 Å². The van der Waals surface area contributed by atoms with Crippen LogP contribution in [0.15, 0.2) is 21.5 Å². The van der Waals surface area contributed by atoms with E-state index in [-0.39, 0.29) is 29.0 Å². The molecule has 14 heteroatoms. The van der Waals surface area contributed by atoms with Crippen LogP contribution in [-0.2, 0) is 42.1 Å². The number of hydrogen-bond acceptors (Lipinski definition) is 5.